The van der Waals surface area contributed by atoms with E-state index in [0.717, 1.165) is 0 Å². The summed E-state index contributed by atoms with van der Waals surface area (Å²) in [6, 6.07) is 6.62. The van der Waals surface area contributed by atoms with E-state index in [-0.39, 0.29) is 12.6 Å². The number of aromatic nitrogens is 1. The number of nitrogens with one attached hydrogen (secondary N) is 2. The van der Waals surface area contributed by atoms with Crippen molar-refractivity contribution in [3.8, 4) is 5.88 Å². The Balaban J connectivity index is 1.89. The number of amides is 2. The topological polar surface area (TPSA) is 96.7 Å². The van der Waals surface area contributed by atoms with Gasteiger partial charge in [0.25, 0.3) is 0 Å². The average molecular weight is 332 g/mol. The van der Waals surface area contributed by atoms with E-state index in [1.165, 1.54) is 13.3 Å². The summed E-state index contributed by atoms with van der Waals surface area (Å²) in [4.78, 5) is 29.7. The molecule has 1 atom stereocenters. The first kappa shape index (κ1) is 17.5. The van der Waals surface area contributed by atoms with Gasteiger partial charge in [0.05, 0.1) is 31.3 Å². The first-order valence-electron chi connectivity index (χ1n) is 7.30. The van der Waals surface area contributed by atoms with Gasteiger partial charge in [0.1, 0.15) is 5.76 Å². The summed E-state index contributed by atoms with van der Waals surface area (Å²) in [5.41, 5.74) is 0.408. The van der Waals surface area contributed by atoms with Crippen LogP contribution >= 0.6 is 0 Å². The minimum atomic E-state index is -0.765. The van der Waals surface area contributed by atoms with Crippen LogP contribution in [-0.4, -0.2) is 49.4 Å². The second kappa shape index (κ2) is 8.11. The van der Waals surface area contributed by atoms with Crippen molar-refractivity contribution in [2.75, 3.05) is 33.1 Å². The second-order valence-electron chi connectivity index (χ2n) is 5.25. The highest BCUT2D eigenvalue weighted by molar-refractivity contribution is 6.39. The first-order chi connectivity index (χ1) is 11.5. The molecular formula is C16H20N4O4. The molecule has 0 aliphatic heterocycles. The zero-order valence-electron chi connectivity index (χ0n) is 13.8. The number of carbonyl (C=O) groups excluding carboxylic acids is 2. The Hall–Kier alpha value is -2.87. The van der Waals surface area contributed by atoms with Crippen LogP contribution < -0.4 is 15.4 Å². The van der Waals surface area contributed by atoms with E-state index in [0.29, 0.717) is 17.3 Å². The smallest absolute Gasteiger partial charge is 0.313 e. The van der Waals surface area contributed by atoms with Crippen LogP contribution in [0.1, 0.15) is 11.8 Å². The third kappa shape index (κ3) is 4.56. The molecule has 1 unspecified atom stereocenters. The Morgan fingerprint density at radius 1 is 1.29 bits per heavy atom. The van der Waals surface area contributed by atoms with Crippen molar-refractivity contribution in [1.29, 1.82) is 0 Å². The van der Waals surface area contributed by atoms with Gasteiger partial charge in [0, 0.05) is 12.6 Å². The van der Waals surface area contributed by atoms with Gasteiger partial charge in [0.2, 0.25) is 5.88 Å². The number of likely N-dealkylation sites (N-methyl/N-ethyl adjacent to an activating group) is 1. The van der Waals surface area contributed by atoms with E-state index in [1.54, 1.807) is 24.5 Å². The molecule has 0 aliphatic rings. The number of anilines is 1. The van der Waals surface area contributed by atoms with Gasteiger partial charge in [-0.25, -0.2) is 4.98 Å². The number of nitrogens with zero attached hydrogens (tertiary/aromatic N) is 2. The normalized spacial score (nSPS) is 11.8. The molecule has 2 heterocycles. The van der Waals surface area contributed by atoms with E-state index in [2.05, 4.69) is 15.6 Å². The fraction of sp³-hybridized carbons (Fsp3) is 0.312. The molecule has 0 spiro atoms. The predicted octanol–water partition coefficient (Wildman–Crippen LogP) is 1.04. The second-order valence-corrected chi connectivity index (χ2v) is 5.25. The first-order valence-corrected chi connectivity index (χ1v) is 7.30. The molecule has 2 amide bonds. The number of carbonyl (C=O) groups is 2. The Kier molecular flexibility index (Phi) is 5.91. The fourth-order valence-electron chi connectivity index (χ4n) is 2.05. The highest BCUT2D eigenvalue weighted by Gasteiger charge is 2.20. The molecule has 2 aromatic rings. The van der Waals surface area contributed by atoms with Crippen molar-refractivity contribution >= 4 is 17.5 Å². The highest BCUT2D eigenvalue weighted by atomic mass is 16.5. The monoisotopic (exact) mass is 332 g/mol. The van der Waals surface area contributed by atoms with Crippen LogP contribution in [0.3, 0.4) is 0 Å². The van der Waals surface area contributed by atoms with E-state index in [1.807, 2.05) is 25.1 Å². The standard InChI is InChI=1S/C16H20N4O4/c1-20(2)12(13-5-4-8-24-13)10-18-15(21)16(22)19-11-6-7-14(23-3)17-9-11/h4-9,12H,10H2,1-3H3,(H,18,21)(H,19,22). The quantitative estimate of drug-likeness (QED) is 0.767. The predicted molar refractivity (Wildman–Crippen MR) is 87.6 cm³/mol. The van der Waals surface area contributed by atoms with E-state index in [4.69, 9.17) is 9.15 Å². The number of hydrogen-bond donors (Lipinski definition) is 2. The molecule has 8 heteroatoms. The molecule has 0 saturated heterocycles. The van der Waals surface area contributed by atoms with Crippen molar-refractivity contribution in [3.63, 3.8) is 0 Å². The molecule has 128 valence electrons. The van der Waals surface area contributed by atoms with Crippen LogP contribution in [0.4, 0.5) is 5.69 Å². The fourth-order valence-corrected chi connectivity index (χ4v) is 2.05. The number of methoxy groups -OCH3 is 1. The van der Waals surface area contributed by atoms with Crippen molar-refractivity contribution in [3.05, 3.63) is 42.5 Å². The molecule has 24 heavy (non-hydrogen) atoms. The molecule has 0 aliphatic carbocycles. The van der Waals surface area contributed by atoms with Crippen LogP contribution in [0.5, 0.6) is 5.88 Å². The number of furan rings is 1. The summed E-state index contributed by atoms with van der Waals surface area (Å²) in [5, 5.41) is 5.07. The SMILES string of the molecule is COc1ccc(NC(=O)C(=O)NCC(c2ccco2)N(C)C)cn1. The van der Waals surface area contributed by atoms with Crippen molar-refractivity contribution < 1.29 is 18.7 Å². The molecule has 0 aromatic carbocycles. The van der Waals surface area contributed by atoms with Crippen LogP contribution in [-0.2, 0) is 9.59 Å². The van der Waals surface area contributed by atoms with Crippen molar-refractivity contribution in [1.82, 2.24) is 15.2 Å². The maximum Gasteiger partial charge on any atom is 0.313 e. The lowest BCUT2D eigenvalue weighted by Crippen LogP contribution is -2.40. The molecule has 2 N–H and O–H groups in total. The molecule has 8 nitrogen and oxygen atoms in total. The summed E-state index contributed by atoms with van der Waals surface area (Å²) >= 11 is 0. The van der Waals surface area contributed by atoms with Gasteiger partial charge in [0.15, 0.2) is 0 Å². The van der Waals surface area contributed by atoms with Crippen LogP contribution in [0.15, 0.2) is 41.1 Å². The molecular weight excluding hydrogens is 312 g/mol. The summed E-state index contributed by atoms with van der Waals surface area (Å²) in [5.74, 6) is -0.368. The van der Waals surface area contributed by atoms with Gasteiger partial charge >= 0.3 is 11.8 Å². The van der Waals surface area contributed by atoms with E-state index in [9.17, 15) is 9.59 Å². The lowest BCUT2D eigenvalue weighted by molar-refractivity contribution is -0.136. The minimum Gasteiger partial charge on any atom is -0.481 e. The Morgan fingerprint density at radius 3 is 2.62 bits per heavy atom. The molecule has 0 bridgehead atoms. The van der Waals surface area contributed by atoms with Gasteiger partial charge in [-0.1, -0.05) is 0 Å². The van der Waals surface area contributed by atoms with Gasteiger partial charge in [-0.05, 0) is 32.3 Å². The van der Waals surface area contributed by atoms with E-state index >= 15 is 0 Å². The van der Waals surface area contributed by atoms with Crippen LogP contribution in [0, 0.1) is 0 Å². The van der Waals surface area contributed by atoms with Gasteiger partial charge in [-0.2, -0.15) is 0 Å². The number of pyridine rings is 1. The van der Waals surface area contributed by atoms with Crippen LogP contribution in [0.25, 0.3) is 0 Å². The van der Waals surface area contributed by atoms with Crippen LogP contribution in [0.2, 0.25) is 0 Å². The summed E-state index contributed by atoms with van der Waals surface area (Å²) in [6.45, 7) is 0.244. The molecule has 2 rings (SSSR count). The largest absolute Gasteiger partial charge is 0.481 e. The summed E-state index contributed by atoms with van der Waals surface area (Å²) < 4.78 is 10.3. The zero-order valence-corrected chi connectivity index (χ0v) is 13.8. The Morgan fingerprint density at radius 2 is 2.08 bits per heavy atom. The Labute approximate surface area is 139 Å². The number of ether oxygens (including phenoxy) is 1. The minimum absolute atomic E-state index is 0.167. The Bertz CT molecular complexity index is 668. The molecule has 0 radical (unpaired) electrons. The third-order valence-electron chi connectivity index (χ3n) is 3.36. The van der Waals surface area contributed by atoms with E-state index < -0.39 is 11.8 Å². The molecule has 0 saturated carbocycles. The maximum atomic E-state index is 11.9. The maximum absolute atomic E-state index is 11.9. The molecule has 2 aromatic heterocycles. The number of hydrogen-bond acceptors (Lipinski definition) is 6. The molecule has 0 fully saturated rings. The summed E-state index contributed by atoms with van der Waals surface area (Å²) in [7, 11) is 5.22. The van der Waals surface area contributed by atoms with Gasteiger partial charge in [-0.3, -0.25) is 14.5 Å². The lowest BCUT2D eigenvalue weighted by atomic mass is 10.2. The number of rotatable bonds is 6. The summed E-state index contributed by atoms with van der Waals surface area (Å²) in [6.07, 6.45) is 2.98. The third-order valence-corrected chi connectivity index (χ3v) is 3.36. The van der Waals surface area contributed by atoms with Gasteiger partial charge in [-0.15, -0.1) is 0 Å². The van der Waals surface area contributed by atoms with Gasteiger partial charge < -0.3 is 19.8 Å². The average Bonchev–Trinajstić information content (AvgIpc) is 3.09. The van der Waals surface area contributed by atoms with Crippen molar-refractivity contribution in [2.24, 2.45) is 0 Å². The highest BCUT2D eigenvalue weighted by Crippen LogP contribution is 2.17. The van der Waals surface area contributed by atoms with Crippen molar-refractivity contribution in [2.45, 2.75) is 6.04 Å². The lowest BCUT2D eigenvalue weighted by Gasteiger charge is -2.22. The zero-order chi connectivity index (χ0) is 17.5.